The molecule has 0 amide bonds. The summed E-state index contributed by atoms with van der Waals surface area (Å²) in [5.41, 5.74) is 2.72. The lowest BCUT2D eigenvalue weighted by Crippen LogP contribution is -2.33. The van der Waals surface area contributed by atoms with Gasteiger partial charge in [0.15, 0.2) is 0 Å². The molecule has 0 aliphatic rings. The summed E-state index contributed by atoms with van der Waals surface area (Å²) >= 11 is 13.0. The van der Waals surface area contributed by atoms with E-state index < -0.39 is 5.69 Å². The van der Waals surface area contributed by atoms with E-state index in [9.17, 15) is 10.1 Å². The van der Waals surface area contributed by atoms with E-state index in [2.05, 4.69) is 20.5 Å². The molecule has 8 nitrogen and oxygen atoms in total. The number of H-pyrrole nitrogens is 1. The number of hydrogen-bond donors (Lipinski definition) is 4. The summed E-state index contributed by atoms with van der Waals surface area (Å²) in [4.78, 5) is 18.2. The normalized spacial score (nSPS) is 11.2. The maximum atomic E-state index is 11.8. The zero-order chi connectivity index (χ0) is 17.7. The number of nitrogens with one attached hydrogen (secondary N) is 2. The largest absolute Gasteiger partial charge is 0.346 e. The van der Waals surface area contributed by atoms with Crippen LogP contribution >= 0.6 is 35.0 Å². The fourth-order valence-electron chi connectivity index (χ4n) is 1.78. The second kappa shape index (κ2) is 8.03. The first-order chi connectivity index (χ1) is 11.5. The average molecular weight is 384 g/mol. The summed E-state index contributed by atoms with van der Waals surface area (Å²) in [6.07, 6.45) is 0. The number of hydrogen-bond acceptors (Lipinski definition) is 7. The van der Waals surface area contributed by atoms with Gasteiger partial charge in [0, 0.05) is 5.56 Å². The molecule has 6 N–H and O–H groups in total. The van der Waals surface area contributed by atoms with Gasteiger partial charge >= 0.3 is 5.69 Å². The Morgan fingerprint density at radius 2 is 2.21 bits per heavy atom. The summed E-state index contributed by atoms with van der Waals surface area (Å²) in [7, 11) is 0. The Morgan fingerprint density at radius 1 is 1.46 bits per heavy atom. The number of hydrazine groups is 1. The van der Waals surface area contributed by atoms with E-state index >= 15 is 0 Å². The van der Waals surface area contributed by atoms with Gasteiger partial charge in [-0.2, -0.15) is 15.3 Å². The molecule has 1 aromatic heterocycles. The Kier molecular flexibility index (Phi) is 6.05. The van der Waals surface area contributed by atoms with Gasteiger partial charge in [0.2, 0.25) is 0 Å². The molecule has 0 aliphatic carbocycles. The monoisotopic (exact) mass is 383 g/mol. The lowest BCUT2D eigenvalue weighted by Gasteiger charge is -2.09. The Balaban J connectivity index is 2.51. The van der Waals surface area contributed by atoms with E-state index in [0.29, 0.717) is 21.3 Å². The van der Waals surface area contributed by atoms with Crippen molar-refractivity contribution in [3.8, 4) is 17.3 Å². The molecular weight excluding hydrogens is 373 g/mol. The Labute approximate surface area is 150 Å². The summed E-state index contributed by atoms with van der Waals surface area (Å²) < 4.78 is 0. The first-order valence-electron chi connectivity index (χ1n) is 6.36. The Bertz CT molecular complexity index is 891. The number of nitriles is 1. The molecule has 0 spiro atoms. The molecule has 124 valence electrons. The number of aromatic amines is 1. The molecule has 0 saturated heterocycles. The van der Waals surface area contributed by atoms with Crippen molar-refractivity contribution < 1.29 is 0 Å². The molecule has 24 heavy (non-hydrogen) atoms. The van der Waals surface area contributed by atoms with Gasteiger partial charge < -0.3 is 16.3 Å². The van der Waals surface area contributed by atoms with E-state index in [4.69, 9.17) is 34.9 Å². The van der Waals surface area contributed by atoms with Crippen LogP contribution in [0, 0.1) is 11.3 Å². The number of nitrogens with two attached hydrogens (primary N) is 2. The van der Waals surface area contributed by atoms with Crippen LogP contribution in [-0.2, 0) is 0 Å². The van der Waals surface area contributed by atoms with Crippen molar-refractivity contribution >= 4 is 40.8 Å². The Morgan fingerprint density at radius 3 is 2.79 bits per heavy atom. The van der Waals surface area contributed by atoms with Crippen molar-refractivity contribution in [3.05, 3.63) is 44.3 Å². The van der Waals surface area contributed by atoms with Crippen molar-refractivity contribution in [2.75, 3.05) is 5.75 Å². The zero-order valence-corrected chi connectivity index (χ0v) is 14.3. The quantitative estimate of drug-likeness (QED) is 0.156. The van der Waals surface area contributed by atoms with Gasteiger partial charge in [0.05, 0.1) is 21.5 Å². The van der Waals surface area contributed by atoms with Crippen LogP contribution in [-0.4, -0.2) is 21.6 Å². The van der Waals surface area contributed by atoms with E-state index in [1.54, 1.807) is 18.2 Å². The smallest absolute Gasteiger partial charge is 0.322 e. The molecular formula is C13H11Cl2N7OS. The highest BCUT2D eigenvalue weighted by atomic mass is 35.5. The lowest BCUT2D eigenvalue weighted by atomic mass is 10.1. The molecule has 0 aliphatic heterocycles. The predicted molar refractivity (Wildman–Crippen MR) is 94.7 cm³/mol. The first kappa shape index (κ1) is 18.1. The SMILES string of the molecule is N#Cc1c(SC/C(=N/N)NN)nc(=O)[nH]c1-c1ccc(Cl)c(Cl)c1. The highest BCUT2D eigenvalue weighted by molar-refractivity contribution is 8.00. The van der Waals surface area contributed by atoms with Crippen LogP contribution in [0.1, 0.15) is 5.56 Å². The fourth-order valence-corrected chi connectivity index (χ4v) is 2.95. The summed E-state index contributed by atoms with van der Waals surface area (Å²) in [6.45, 7) is 0. The molecule has 1 heterocycles. The third-order valence-corrected chi connectivity index (χ3v) is 4.61. The van der Waals surface area contributed by atoms with Gasteiger partial charge in [0.1, 0.15) is 22.5 Å². The highest BCUT2D eigenvalue weighted by Crippen LogP contribution is 2.31. The molecule has 0 fully saturated rings. The number of benzene rings is 1. The standard InChI is InChI=1S/C13H11Cl2N7OS/c14-8-2-1-6(3-9(8)15)11-7(4-16)12(20-13(23)19-11)24-5-10(21-17)22-18/h1-3H,5,17-18H2,(H,21,22)(H,19,20,23). The summed E-state index contributed by atoms with van der Waals surface area (Å²) in [5, 5.41) is 13.8. The fraction of sp³-hybridized carbons (Fsp3) is 0.0769. The maximum Gasteiger partial charge on any atom is 0.346 e. The van der Waals surface area contributed by atoms with E-state index in [1.807, 2.05) is 6.07 Å². The van der Waals surface area contributed by atoms with Crippen LogP contribution in [0.2, 0.25) is 10.0 Å². The number of rotatable bonds is 4. The van der Waals surface area contributed by atoms with Crippen molar-refractivity contribution in [1.29, 1.82) is 5.26 Å². The second-order valence-electron chi connectivity index (χ2n) is 4.35. The molecule has 0 atom stereocenters. The highest BCUT2D eigenvalue weighted by Gasteiger charge is 2.16. The molecule has 2 rings (SSSR count). The van der Waals surface area contributed by atoms with Crippen molar-refractivity contribution in [1.82, 2.24) is 15.4 Å². The van der Waals surface area contributed by atoms with Gasteiger partial charge in [-0.05, 0) is 12.1 Å². The number of thioether (sulfide) groups is 1. The van der Waals surface area contributed by atoms with E-state index in [1.165, 1.54) is 0 Å². The van der Waals surface area contributed by atoms with Crippen molar-refractivity contribution in [2.45, 2.75) is 5.03 Å². The minimum absolute atomic E-state index is 0.186. The first-order valence-corrected chi connectivity index (χ1v) is 8.10. The van der Waals surface area contributed by atoms with E-state index in [0.717, 1.165) is 11.8 Å². The zero-order valence-electron chi connectivity index (χ0n) is 12.0. The number of halogens is 2. The lowest BCUT2D eigenvalue weighted by molar-refractivity contribution is 0.969. The predicted octanol–water partition coefficient (Wildman–Crippen LogP) is 1.44. The van der Waals surface area contributed by atoms with Crippen LogP contribution in [0.25, 0.3) is 11.3 Å². The number of nitrogens with zero attached hydrogens (tertiary/aromatic N) is 3. The van der Waals surface area contributed by atoms with Gasteiger partial charge in [-0.15, -0.1) is 0 Å². The second-order valence-corrected chi connectivity index (χ2v) is 6.13. The third-order valence-electron chi connectivity index (χ3n) is 2.89. The summed E-state index contributed by atoms with van der Waals surface area (Å²) in [6, 6.07) is 6.80. The molecule has 11 heteroatoms. The van der Waals surface area contributed by atoms with Gasteiger partial charge in [-0.1, -0.05) is 41.0 Å². The Hall–Kier alpha value is -2.25. The minimum atomic E-state index is -0.607. The van der Waals surface area contributed by atoms with Crippen LogP contribution < -0.4 is 22.8 Å². The number of hydrazone groups is 1. The molecule has 0 bridgehead atoms. The van der Waals surface area contributed by atoms with Crippen LogP contribution in [0.3, 0.4) is 0 Å². The average Bonchev–Trinajstić information content (AvgIpc) is 2.57. The van der Waals surface area contributed by atoms with Crippen LogP contribution in [0.15, 0.2) is 33.1 Å². The van der Waals surface area contributed by atoms with Crippen molar-refractivity contribution in [2.24, 2.45) is 16.8 Å². The topological polar surface area (TPSA) is 146 Å². The van der Waals surface area contributed by atoms with E-state index in [-0.39, 0.29) is 22.2 Å². The minimum Gasteiger partial charge on any atom is -0.322 e. The summed E-state index contributed by atoms with van der Waals surface area (Å²) in [5.74, 6) is 10.9. The van der Waals surface area contributed by atoms with Gasteiger partial charge in [0.25, 0.3) is 0 Å². The third kappa shape index (κ3) is 3.98. The number of aromatic nitrogens is 2. The number of amidine groups is 1. The molecule has 1 aromatic carbocycles. The molecule has 0 saturated carbocycles. The van der Waals surface area contributed by atoms with Gasteiger partial charge in [-0.3, -0.25) is 0 Å². The molecule has 2 aromatic rings. The molecule has 0 radical (unpaired) electrons. The van der Waals surface area contributed by atoms with Crippen LogP contribution in [0.4, 0.5) is 0 Å². The molecule has 0 unspecified atom stereocenters. The van der Waals surface area contributed by atoms with Crippen molar-refractivity contribution in [3.63, 3.8) is 0 Å². The van der Waals surface area contributed by atoms with Crippen LogP contribution in [0.5, 0.6) is 0 Å². The maximum absolute atomic E-state index is 11.8. The van der Waals surface area contributed by atoms with Gasteiger partial charge in [-0.25, -0.2) is 10.6 Å².